The summed E-state index contributed by atoms with van der Waals surface area (Å²) in [7, 11) is -3.79. The van der Waals surface area contributed by atoms with Gasteiger partial charge in [-0.05, 0) is 61.3 Å². The van der Waals surface area contributed by atoms with Gasteiger partial charge in [-0.1, -0.05) is 40.9 Å². The minimum Gasteiger partial charge on any atom is -0.313 e. The number of benzene rings is 2. The summed E-state index contributed by atoms with van der Waals surface area (Å²) >= 11 is 3.40. The maximum absolute atomic E-state index is 12.5. The monoisotopic (exact) mass is 492 g/mol. The Balaban J connectivity index is 1.59. The molecule has 2 N–H and O–H groups in total. The number of sulfonamides is 1. The summed E-state index contributed by atoms with van der Waals surface area (Å²) in [5, 5.41) is 3.37. The standard InChI is InChI=1S/C20H24BrF3N2O2S/c21-18-9-5-16(6-10-18)15-25-13-3-1-2-4-14-26-29(27,28)19-11-7-17(8-12-19)20(22,23)24/h5-12,25-26H,1-4,13-15H2. The van der Waals surface area contributed by atoms with Crippen LogP contribution in [0.4, 0.5) is 13.2 Å². The smallest absolute Gasteiger partial charge is 0.313 e. The Morgan fingerprint density at radius 1 is 0.828 bits per heavy atom. The molecule has 0 fully saturated rings. The van der Waals surface area contributed by atoms with Gasteiger partial charge in [0.05, 0.1) is 10.5 Å². The van der Waals surface area contributed by atoms with Crippen molar-refractivity contribution in [2.45, 2.75) is 43.3 Å². The van der Waals surface area contributed by atoms with E-state index in [-0.39, 0.29) is 11.4 Å². The van der Waals surface area contributed by atoms with Crippen molar-refractivity contribution in [3.63, 3.8) is 0 Å². The predicted octanol–water partition coefficient (Wildman–Crippen LogP) is 5.10. The first-order valence-corrected chi connectivity index (χ1v) is 11.6. The van der Waals surface area contributed by atoms with Crippen molar-refractivity contribution in [3.05, 3.63) is 64.1 Å². The number of unbranched alkanes of at least 4 members (excludes halogenated alkanes) is 3. The lowest BCUT2D eigenvalue weighted by Crippen LogP contribution is -2.25. The van der Waals surface area contributed by atoms with E-state index in [0.717, 1.165) is 61.1 Å². The third kappa shape index (κ3) is 8.46. The minimum absolute atomic E-state index is 0.164. The molecular formula is C20H24BrF3N2O2S. The van der Waals surface area contributed by atoms with Gasteiger partial charge in [-0.25, -0.2) is 13.1 Å². The molecule has 0 atom stereocenters. The van der Waals surface area contributed by atoms with Crippen LogP contribution in [-0.2, 0) is 22.7 Å². The molecule has 0 radical (unpaired) electrons. The molecule has 0 bridgehead atoms. The summed E-state index contributed by atoms with van der Waals surface area (Å²) in [4.78, 5) is -0.164. The Morgan fingerprint density at radius 3 is 2.00 bits per heavy atom. The Labute approximate surface area is 178 Å². The SMILES string of the molecule is O=S(=O)(NCCCCCCNCc1ccc(Br)cc1)c1ccc(C(F)(F)F)cc1. The predicted molar refractivity (Wildman–Crippen MR) is 111 cm³/mol. The summed E-state index contributed by atoms with van der Waals surface area (Å²) in [5.41, 5.74) is 0.344. The van der Waals surface area contributed by atoms with Crippen molar-refractivity contribution in [3.8, 4) is 0 Å². The molecule has 0 aliphatic carbocycles. The van der Waals surface area contributed by atoms with E-state index in [9.17, 15) is 21.6 Å². The van der Waals surface area contributed by atoms with Crippen LogP contribution in [0.5, 0.6) is 0 Å². The molecule has 2 aromatic carbocycles. The third-order valence-electron chi connectivity index (χ3n) is 4.31. The number of hydrogen-bond donors (Lipinski definition) is 2. The zero-order valence-corrected chi connectivity index (χ0v) is 18.2. The summed E-state index contributed by atoms with van der Waals surface area (Å²) in [6.45, 7) is 1.95. The molecule has 0 aromatic heterocycles. The van der Waals surface area contributed by atoms with Gasteiger partial charge in [-0.3, -0.25) is 0 Å². The van der Waals surface area contributed by atoms with Gasteiger partial charge in [-0.2, -0.15) is 13.2 Å². The van der Waals surface area contributed by atoms with Gasteiger partial charge in [0, 0.05) is 17.6 Å². The quantitative estimate of drug-likeness (QED) is 0.429. The van der Waals surface area contributed by atoms with Crippen molar-refractivity contribution < 1.29 is 21.6 Å². The average molecular weight is 493 g/mol. The molecule has 9 heteroatoms. The van der Waals surface area contributed by atoms with E-state index in [4.69, 9.17) is 0 Å². The number of hydrogen-bond acceptors (Lipinski definition) is 3. The van der Waals surface area contributed by atoms with Crippen LogP contribution >= 0.6 is 15.9 Å². The highest BCUT2D eigenvalue weighted by Crippen LogP contribution is 2.29. The molecule has 0 aliphatic heterocycles. The highest BCUT2D eigenvalue weighted by Gasteiger charge is 2.30. The highest BCUT2D eigenvalue weighted by atomic mass is 79.9. The van der Waals surface area contributed by atoms with E-state index in [1.54, 1.807) is 0 Å². The van der Waals surface area contributed by atoms with E-state index in [1.807, 2.05) is 12.1 Å². The van der Waals surface area contributed by atoms with Crippen molar-refractivity contribution in [1.82, 2.24) is 10.0 Å². The number of nitrogens with one attached hydrogen (secondary N) is 2. The van der Waals surface area contributed by atoms with Gasteiger partial charge in [0.1, 0.15) is 0 Å². The third-order valence-corrected chi connectivity index (χ3v) is 6.31. The van der Waals surface area contributed by atoms with Crippen molar-refractivity contribution in [2.24, 2.45) is 0 Å². The molecule has 2 rings (SSSR count). The van der Waals surface area contributed by atoms with Crippen LogP contribution in [0.3, 0.4) is 0 Å². The Hall–Kier alpha value is -1.42. The first kappa shape index (κ1) is 23.9. The molecule has 0 heterocycles. The van der Waals surface area contributed by atoms with Crippen LogP contribution in [0.1, 0.15) is 36.8 Å². The second-order valence-corrected chi connectivity index (χ2v) is 9.32. The first-order chi connectivity index (χ1) is 13.7. The first-order valence-electron chi connectivity index (χ1n) is 9.30. The second-order valence-electron chi connectivity index (χ2n) is 6.64. The molecule has 0 spiro atoms. The van der Waals surface area contributed by atoms with E-state index in [0.29, 0.717) is 6.42 Å². The zero-order valence-electron chi connectivity index (χ0n) is 15.8. The normalized spacial score (nSPS) is 12.3. The Bertz CT molecular complexity index is 855. The van der Waals surface area contributed by atoms with Crippen LogP contribution in [0, 0.1) is 0 Å². The van der Waals surface area contributed by atoms with Crippen molar-refractivity contribution >= 4 is 26.0 Å². The molecule has 0 aliphatic rings. The van der Waals surface area contributed by atoms with Gasteiger partial charge in [-0.15, -0.1) is 0 Å². The number of halogens is 4. The summed E-state index contributed by atoms with van der Waals surface area (Å²) in [5.74, 6) is 0. The van der Waals surface area contributed by atoms with E-state index in [1.165, 1.54) is 5.56 Å². The maximum atomic E-state index is 12.5. The molecule has 0 saturated heterocycles. The number of alkyl halides is 3. The van der Waals surface area contributed by atoms with Crippen molar-refractivity contribution in [1.29, 1.82) is 0 Å². The van der Waals surface area contributed by atoms with Gasteiger partial charge in [0.2, 0.25) is 10.0 Å². The minimum atomic E-state index is -4.48. The molecule has 0 unspecified atom stereocenters. The molecule has 29 heavy (non-hydrogen) atoms. The van der Waals surface area contributed by atoms with Gasteiger partial charge in [0.15, 0.2) is 0 Å². The Morgan fingerprint density at radius 2 is 1.41 bits per heavy atom. The summed E-state index contributed by atoms with van der Waals surface area (Å²) in [6, 6.07) is 11.6. The van der Waals surface area contributed by atoms with Crippen LogP contribution in [-0.4, -0.2) is 21.5 Å². The fraction of sp³-hybridized carbons (Fsp3) is 0.400. The van der Waals surface area contributed by atoms with E-state index >= 15 is 0 Å². The second kappa shape index (κ2) is 11.1. The molecule has 4 nitrogen and oxygen atoms in total. The van der Waals surface area contributed by atoms with E-state index < -0.39 is 21.8 Å². The lowest BCUT2D eigenvalue weighted by molar-refractivity contribution is -0.137. The van der Waals surface area contributed by atoms with Gasteiger partial charge >= 0.3 is 6.18 Å². The average Bonchev–Trinajstić information content (AvgIpc) is 2.67. The lowest BCUT2D eigenvalue weighted by atomic mass is 10.2. The lowest BCUT2D eigenvalue weighted by Gasteiger charge is -2.09. The fourth-order valence-electron chi connectivity index (χ4n) is 2.68. The summed E-state index contributed by atoms with van der Waals surface area (Å²) in [6.07, 6.45) is -0.984. The summed E-state index contributed by atoms with van der Waals surface area (Å²) < 4.78 is 65.4. The van der Waals surface area contributed by atoms with Crippen LogP contribution in [0.25, 0.3) is 0 Å². The highest BCUT2D eigenvalue weighted by molar-refractivity contribution is 9.10. The van der Waals surface area contributed by atoms with Crippen molar-refractivity contribution in [2.75, 3.05) is 13.1 Å². The molecule has 0 amide bonds. The molecule has 2 aromatic rings. The topological polar surface area (TPSA) is 58.2 Å². The Kier molecular flexibility index (Phi) is 9.13. The van der Waals surface area contributed by atoms with E-state index in [2.05, 4.69) is 38.1 Å². The van der Waals surface area contributed by atoms with Gasteiger partial charge < -0.3 is 5.32 Å². The van der Waals surface area contributed by atoms with Gasteiger partial charge in [0.25, 0.3) is 0 Å². The van der Waals surface area contributed by atoms with Crippen LogP contribution in [0.15, 0.2) is 57.9 Å². The molecule has 0 saturated carbocycles. The number of rotatable bonds is 11. The zero-order chi connectivity index (χ0) is 21.3. The van der Waals surface area contributed by atoms with Crippen LogP contribution < -0.4 is 10.0 Å². The van der Waals surface area contributed by atoms with Crippen LogP contribution in [0.2, 0.25) is 0 Å². The molecule has 160 valence electrons. The fourth-order valence-corrected chi connectivity index (χ4v) is 4.01. The molecular weight excluding hydrogens is 469 g/mol. The largest absolute Gasteiger partial charge is 0.416 e. The maximum Gasteiger partial charge on any atom is 0.416 e.